The van der Waals surface area contributed by atoms with Gasteiger partial charge >= 0.3 is 0 Å². The second-order valence-electron chi connectivity index (χ2n) is 6.94. The minimum atomic E-state index is -3.33. The lowest BCUT2D eigenvalue weighted by Gasteiger charge is -2.18. The molecule has 0 aliphatic heterocycles. The van der Waals surface area contributed by atoms with Crippen LogP contribution in [0.4, 0.5) is 0 Å². The molecule has 0 aliphatic rings. The molecule has 0 spiro atoms. The lowest BCUT2D eigenvalue weighted by molar-refractivity contribution is 0.311. The van der Waals surface area contributed by atoms with Crippen molar-refractivity contribution in [2.24, 2.45) is 0 Å². The van der Waals surface area contributed by atoms with Crippen LogP contribution in [-0.2, 0) is 18.9 Å². The van der Waals surface area contributed by atoms with Crippen LogP contribution >= 0.6 is 7.14 Å². The Hall–Kier alpha value is 0.140. The van der Waals surface area contributed by atoms with Crippen LogP contribution < -0.4 is 0 Å². The van der Waals surface area contributed by atoms with Crippen molar-refractivity contribution in [2.45, 2.75) is 84.5 Å². The highest BCUT2D eigenvalue weighted by atomic mass is 32.2. The van der Waals surface area contributed by atoms with Gasteiger partial charge in [-0.1, -0.05) is 58.8 Å². The van der Waals surface area contributed by atoms with Crippen LogP contribution in [0.5, 0.6) is 0 Å². The molecule has 0 aromatic carbocycles. The molecule has 0 saturated heterocycles. The predicted molar refractivity (Wildman–Crippen MR) is 105 cm³/mol. The molecule has 146 valence electrons. The first kappa shape index (κ1) is 24.1. The second kappa shape index (κ2) is 14.3. The van der Waals surface area contributed by atoms with E-state index in [0.29, 0.717) is 0 Å². The molecule has 0 aromatic heterocycles. The lowest BCUT2D eigenvalue weighted by Crippen LogP contribution is -2.05. The van der Waals surface area contributed by atoms with E-state index in [1.165, 1.54) is 38.5 Å². The summed E-state index contributed by atoms with van der Waals surface area (Å²) in [5.74, 6) is 0. The Balaban J connectivity index is 4.10. The molecule has 0 rings (SSSR count). The van der Waals surface area contributed by atoms with Gasteiger partial charge in [-0.25, -0.2) is 0 Å². The standard InChI is InChI=1S/C18H39O4PS/c1-4-6-8-12-16-23(19,17-13-9-7-5-2)18-14-10-11-15-22-24(3,20)21/h4-18H2,1-3H3. The van der Waals surface area contributed by atoms with E-state index in [0.717, 1.165) is 56.8 Å². The van der Waals surface area contributed by atoms with Gasteiger partial charge in [0.05, 0.1) is 20.0 Å². The van der Waals surface area contributed by atoms with Crippen LogP contribution in [0.1, 0.15) is 84.5 Å². The molecule has 0 aromatic rings. The van der Waals surface area contributed by atoms with E-state index in [1.54, 1.807) is 0 Å². The number of unbranched alkanes of at least 4 members (excludes halogenated alkanes) is 8. The Morgan fingerprint density at radius 2 is 1.12 bits per heavy atom. The summed E-state index contributed by atoms with van der Waals surface area (Å²) in [7, 11) is -5.37. The van der Waals surface area contributed by atoms with Crippen LogP contribution in [-0.4, -0.2) is 39.8 Å². The minimum Gasteiger partial charge on any atom is -0.324 e. The first-order valence-corrected chi connectivity index (χ1v) is 13.8. The largest absolute Gasteiger partial charge is 0.324 e. The van der Waals surface area contributed by atoms with E-state index < -0.39 is 17.3 Å². The Morgan fingerprint density at radius 1 is 0.708 bits per heavy atom. The van der Waals surface area contributed by atoms with Crippen molar-refractivity contribution in [2.75, 3.05) is 31.3 Å². The smallest absolute Gasteiger partial charge is 0.264 e. The molecule has 0 N–H and O–H groups in total. The van der Waals surface area contributed by atoms with Crippen LogP contribution in [0.15, 0.2) is 0 Å². The molecular formula is C18H39O4PS. The van der Waals surface area contributed by atoms with Crippen LogP contribution in [0.3, 0.4) is 0 Å². The van der Waals surface area contributed by atoms with Gasteiger partial charge in [-0.05, 0) is 25.7 Å². The molecule has 0 saturated carbocycles. The zero-order valence-electron chi connectivity index (χ0n) is 16.1. The molecule has 0 unspecified atom stereocenters. The van der Waals surface area contributed by atoms with Gasteiger partial charge in [0.15, 0.2) is 0 Å². The van der Waals surface area contributed by atoms with Crippen molar-refractivity contribution in [1.29, 1.82) is 0 Å². The predicted octanol–water partition coefficient (Wildman–Crippen LogP) is 5.66. The van der Waals surface area contributed by atoms with Gasteiger partial charge < -0.3 is 4.57 Å². The van der Waals surface area contributed by atoms with Gasteiger partial charge in [-0.2, -0.15) is 8.42 Å². The third kappa shape index (κ3) is 15.7. The van der Waals surface area contributed by atoms with E-state index in [-0.39, 0.29) is 6.61 Å². The second-order valence-corrected chi connectivity index (χ2v) is 12.0. The fraction of sp³-hybridized carbons (Fsp3) is 1.00. The van der Waals surface area contributed by atoms with Crippen molar-refractivity contribution in [1.82, 2.24) is 0 Å². The monoisotopic (exact) mass is 382 g/mol. The molecule has 0 heterocycles. The van der Waals surface area contributed by atoms with Crippen molar-refractivity contribution in [3.05, 3.63) is 0 Å². The summed E-state index contributed by atoms with van der Waals surface area (Å²) in [5.41, 5.74) is 0. The van der Waals surface area contributed by atoms with E-state index in [4.69, 9.17) is 4.18 Å². The fourth-order valence-electron chi connectivity index (χ4n) is 2.88. The first-order valence-electron chi connectivity index (χ1n) is 9.74. The summed E-state index contributed by atoms with van der Waals surface area (Å²) in [5, 5.41) is 0. The molecule has 0 aliphatic carbocycles. The molecule has 0 radical (unpaired) electrons. The Bertz CT molecular complexity index is 418. The van der Waals surface area contributed by atoms with Crippen molar-refractivity contribution in [3.63, 3.8) is 0 Å². The summed E-state index contributed by atoms with van der Waals surface area (Å²) in [6.07, 6.45) is 15.7. The highest BCUT2D eigenvalue weighted by Crippen LogP contribution is 2.48. The Morgan fingerprint density at radius 3 is 1.50 bits per heavy atom. The summed E-state index contributed by atoms with van der Waals surface area (Å²) in [6, 6.07) is 0. The van der Waals surface area contributed by atoms with Crippen LogP contribution in [0.25, 0.3) is 0 Å². The van der Waals surface area contributed by atoms with E-state index >= 15 is 0 Å². The maximum atomic E-state index is 13.2. The normalized spacial score (nSPS) is 12.6. The number of hydrogen-bond acceptors (Lipinski definition) is 4. The van der Waals surface area contributed by atoms with E-state index in [1.807, 2.05) is 0 Å². The average molecular weight is 383 g/mol. The molecule has 4 nitrogen and oxygen atoms in total. The molecule has 0 atom stereocenters. The number of hydrogen-bond donors (Lipinski definition) is 0. The summed E-state index contributed by atoms with van der Waals surface area (Å²) < 4.78 is 39.8. The molecule has 0 fully saturated rings. The number of rotatable bonds is 17. The van der Waals surface area contributed by atoms with Crippen LogP contribution in [0, 0.1) is 0 Å². The minimum absolute atomic E-state index is 0.246. The molecule has 24 heavy (non-hydrogen) atoms. The Kier molecular flexibility index (Phi) is 14.4. The third-order valence-corrected chi connectivity index (χ3v) is 8.33. The quantitative estimate of drug-likeness (QED) is 0.185. The summed E-state index contributed by atoms with van der Waals surface area (Å²) in [6.45, 7) is 4.64. The van der Waals surface area contributed by atoms with Gasteiger partial charge in [0.25, 0.3) is 10.1 Å². The van der Waals surface area contributed by atoms with Crippen LogP contribution in [0.2, 0.25) is 0 Å². The lowest BCUT2D eigenvalue weighted by atomic mass is 10.2. The molecule has 0 bridgehead atoms. The van der Waals surface area contributed by atoms with Gasteiger partial charge in [0.2, 0.25) is 0 Å². The topological polar surface area (TPSA) is 60.4 Å². The van der Waals surface area contributed by atoms with Gasteiger partial charge in [0.1, 0.15) is 0 Å². The van der Waals surface area contributed by atoms with Gasteiger partial charge in [0, 0.05) is 18.5 Å². The van der Waals surface area contributed by atoms with E-state index in [9.17, 15) is 13.0 Å². The molecule has 0 amide bonds. The zero-order valence-corrected chi connectivity index (χ0v) is 17.8. The van der Waals surface area contributed by atoms with Crippen molar-refractivity contribution < 1.29 is 17.2 Å². The SMILES string of the molecule is CCCCCCP(=O)(CCCCCC)CCCCCOS(C)(=O)=O. The molecular weight excluding hydrogens is 343 g/mol. The van der Waals surface area contributed by atoms with Gasteiger partial charge in [-0.15, -0.1) is 0 Å². The third-order valence-electron chi connectivity index (χ3n) is 4.35. The average Bonchev–Trinajstić information content (AvgIpc) is 2.51. The maximum absolute atomic E-state index is 13.2. The summed E-state index contributed by atoms with van der Waals surface area (Å²) in [4.78, 5) is 0. The Labute approximate surface area is 150 Å². The highest BCUT2D eigenvalue weighted by Gasteiger charge is 2.20. The zero-order chi connectivity index (χ0) is 18.3. The maximum Gasteiger partial charge on any atom is 0.264 e. The summed E-state index contributed by atoms with van der Waals surface area (Å²) >= 11 is 0. The highest BCUT2D eigenvalue weighted by molar-refractivity contribution is 7.85. The van der Waals surface area contributed by atoms with Crippen molar-refractivity contribution in [3.8, 4) is 0 Å². The van der Waals surface area contributed by atoms with Gasteiger partial charge in [-0.3, -0.25) is 4.18 Å². The first-order chi connectivity index (χ1) is 11.3. The van der Waals surface area contributed by atoms with Crippen molar-refractivity contribution >= 4 is 17.3 Å². The fourth-order valence-corrected chi connectivity index (χ4v) is 6.37. The van der Waals surface area contributed by atoms with E-state index in [2.05, 4.69) is 13.8 Å². The molecule has 6 heteroatoms.